The van der Waals surface area contributed by atoms with Crippen molar-refractivity contribution in [3.63, 3.8) is 0 Å². The van der Waals surface area contributed by atoms with Crippen molar-refractivity contribution in [3.8, 4) is 18.0 Å². The minimum absolute atomic E-state index is 0.179. The van der Waals surface area contributed by atoms with Crippen LogP contribution in [-0.2, 0) is 16.1 Å². The quantitative estimate of drug-likeness (QED) is 0.471. The van der Waals surface area contributed by atoms with Crippen LogP contribution in [0.2, 0.25) is 0 Å². The molecule has 1 aromatic carbocycles. The van der Waals surface area contributed by atoms with E-state index in [1.165, 1.54) is 9.58 Å². The summed E-state index contributed by atoms with van der Waals surface area (Å²) < 4.78 is 1.48. The lowest BCUT2D eigenvalue weighted by molar-refractivity contribution is -0.136. The molecule has 11 nitrogen and oxygen atoms in total. The summed E-state index contributed by atoms with van der Waals surface area (Å²) in [6.07, 6.45) is 9.01. The maximum atomic E-state index is 13.1. The Kier molecular flexibility index (Phi) is 6.52. The number of imide groups is 1. The molecule has 0 spiro atoms. The van der Waals surface area contributed by atoms with E-state index in [1.807, 2.05) is 6.07 Å². The van der Waals surface area contributed by atoms with Crippen LogP contribution in [0.4, 0.5) is 0 Å². The molecule has 5 rings (SSSR count). The van der Waals surface area contributed by atoms with Crippen molar-refractivity contribution in [1.82, 2.24) is 35.0 Å². The third-order valence-corrected chi connectivity index (χ3v) is 6.94. The molecule has 0 aliphatic carbocycles. The predicted octanol–water partition coefficient (Wildman–Crippen LogP) is 0.200. The first kappa shape index (κ1) is 23.7. The molecule has 2 saturated heterocycles. The van der Waals surface area contributed by atoms with Crippen LogP contribution < -0.4 is 5.32 Å². The van der Waals surface area contributed by atoms with E-state index >= 15 is 0 Å². The number of hydrogen-bond donors (Lipinski definition) is 1. The Bertz CT molecular complexity index is 1260. The maximum Gasteiger partial charge on any atom is 0.276 e. The molecule has 1 aromatic heterocycles. The van der Waals surface area contributed by atoms with Gasteiger partial charge in [-0.3, -0.25) is 24.5 Å². The molecule has 4 heterocycles. The minimum atomic E-state index is -0.669. The van der Waals surface area contributed by atoms with Crippen molar-refractivity contribution in [2.24, 2.45) is 0 Å². The lowest BCUT2D eigenvalue weighted by Crippen LogP contribution is -2.52. The highest BCUT2D eigenvalue weighted by Gasteiger charge is 2.39. The number of rotatable bonds is 5. The van der Waals surface area contributed by atoms with Gasteiger partial charge >= 0.3 is 0 Å². The van der Waals surface area contributed by atoms with Crippen molar-refractivity contribution in [2.45, 2.75) is 38.3 Å². The number of fused-ring (bicyclic) bond motifs is 1. The van der Waals surface area contributed by atoms with Crippen LogP contribution in [0.1, 0.15) is 52.1 Å². The molecular formula is C25H27N7O4. The van der Waals surface area contributed by atoms with Crippen molar-refractivity contribution in [1.29, 1.82) is 0 Å². The Hall–Kier alpha value is -4.04. The molecule has 0 saturated carbocycles. The smallest absolute Gasteiger partial charge is 0.276 e. The van der Waals surface area contributed by atoms with Crippen molar-refractivity contribution in [2.75, 3.05) is 32.7 Å². The van der Waals surface area contributed by atoms with Gasteiger partial charge in [0.05, 0.1) is 11.9 Å². The number of piperidine rings is 1. The number of carbonyl (C=O) groups excluding carboxylic acids is 4. The average Bonchev–Trinajstić information content (AvgIpc) is 3.40. The molecule has 3 aliphatic heterocycles. The number of amides is 4. The standard InChI is InChI=1S/C25H27N7O4/c1-2-3-9-29-10-4-11-30(13-12-29)25(36)20-16-32(28-27-20)18-6-5-17-15-31(24(35)19(17)14-18)21-7-8-22(33)26-23(21)34/h1,5-6,14,16,21H,3-4,7-13,15H2,(H,26,33,34). The number of nitrogens with one attached hydrogen (secondary N) is 1. The topological polar surface area (TPSA) is 121 Å². The van der Waals surface area contributed by atoms with E-state index in [-0.39, 0.29) is 29.8 Å². The Balaban J connectivity index is 1.28. The van der Waals surface area contributed by atoms with Crippen LogP contribution in [0.5, 0.6) is 0 Å². The maximum absolute atomic E-state index is 13.1. The van der Waals surface area contributed by atoms with Crippen LogP contribution in [0.3, 0.4) is 0 Å². The highest BCUT2D eigenvalue weighted by atomic mass is 16.2. The monoisotopic (exact) mass is 489 g/mol. The van der Waals surface area contributed by atoms with Crippen molar-refractivity contribution in [3.05, 3.63) is 41.2 Å². The zero-order valence-electron chi connectivity index (χ0n) is 19.9. The number of benzene rings is 1. The molecule has 4 amide bonds. The first-order valence-electron chi connectivity index (χ1n) is 12.1. The second-order valence-electron chi connectivity index (χ2n) is 9.23. The molecule has 1 unspecified atom stereocenters. The summed E-state index contributed by atoms with van der Waals surface area (Å²) in [7, 11) is 0. The van der Waals surface area contributed by atoms with Gasteiger partial charge in [-0.25, -0.2) is 4.68 Å². The van der Waals surface area contributed by atoms with Crippen molar-refractivity contribution < 1.29 is 19.2 Å². The van der Waals surface area contributed by atoms with Crippen molar-refractivity contribution >= 4 is 23.6 Å². The molecule has 11 heteroatoms. The molecule has 0 bridgehead atoms. The molecule has 3 aliphatic rings. The van der Waals surface area contributed by atoms with E-state index in [9.17, 15) is 19.2 Å². The van der Waals surface area contributed by atoms with E-state index in [4.69, 9.17) is 6.42 Å². The zero-order valence-corrected chi connectivity index (χ0v) is 19.9. The normalized spacial score (nSPS) is 20.6. The van der Waals surface area contributed by atoms with Crippen LogP contribution in [0.25, 0.3) is 5.69 Å². The highest BCUT2D eigenvalue weighted by Crippen LogP contribution is 2.29. The lowest BCUT2D eigenvalue weighted by Gasteiger charge is -2.29. The number of terminal acetylenes is 1. The van der Waals surface area contributed by atoms with Gasteiger partial charge in [0, 0.05) is 51.1 Å². The molecule has 186 valence electrons. The first-order chi connectivity index (χ1) is 17.4. The Morgan fingerprint density at radius 3 is 2.83 bits per heavy atom. The van der Waals surface area contributed by atoms with Crippen LogP contribution >= 0.6 is 0 Å². The van der Waals surface area contributed by atoms with E-state index in [1.54, 1.807) is 23.2 Å². The number of carbonyl (C=O) groups is 4. The fourth-order valence-electron chi connectivity index (χ4n) is 4.96. The molecule has 2 fully saturated rings. The summed E-state index contributed by atoms with van der Waals surface area (Å²) in [4.78, 5) is 55.4. The highest BCUT2D eigenvalue weighted by molar-refractivity contribution is 6.05. The number of aromatic nitrogens is 3. The molecule has 1 N–H and O–H groups in total. The van der Waals surface area contributed by atoms with Gasteiger partial charge in [0.25, 0.3) is 11.8 Å². The van der Waals surface area contributed by atoms with Crippen LogP contribution in [0.15, 0.2) is 24.4 Å². The van der Waals surface area contributed by atoms with E-state index in [0.717, 1.165) is 31.6 Å². The fourth-order valence-corrected chi connectivity index (χ4v) is 4.96. The predicted molar refractivity (Wildman–Crippen MR) is 128 cm³/mol. The molecular weight excluding hydrogens is 462 g/mol. The zero-order chi connectivity index (χ0) is 25.2. The third-order valence-electron chi connectivity index (χ3n) is 6.94. The average molecular weight is 490 g/mol. The molecule has 36 heavy (non-hydrogen) atoms. The molecule has 0 radical (unpaired) electrons. The molecule has 1 atom stereocenters. The Morgan fingerprint density at radius 2 is 2.03 bits per heavy atom. The minimum Gasteiger partial charge on any atom is -0.336 e. The van der Waals surface area contributed by atoms with Gasteiger partial charge in [-0.05, 0) is 37.1 Å². The summed E-state index contributed by atoms with van der Waals surface area (Å²) >= 11 is 0. The second-order valence-corrected chi connectivity index (χ2v) is 9.23. The third kappa shape index (κ3) is 4.59. The fraction of sp³-hybridized carbons (Fsp3) is 0.440. The lowest BCUT2D eigenvalue weighted by atomic mass is 10.0. The Labute approximate surface area is 208 Å². The molecule has 2 aromatic rings. The largest absolute Gasteiger partial charge is 0.336 e. The summed E-state index contributed by atoms with van der Waals surface area (Å²) in [5, 5.41) is 10.5. The summed E-state index contributed by atoms with van der Waals surface area (Å²) in [6, 6.07) is 4.65. The van der Waals surface area contributed by atoms with E-state index < -0.39 is 11.9 Å². The van der Waals surface area contributed by atoms with Gasteiger partial charge in [-0.1, -0.05) is 11.3 Å². The summed E-state index contributed by atoms with van der Waals surface area (Å²) in [5.74, 6) is 1.45. The van der Waals surface area contributed by atoms with E-state index in [2.05, 4.69) is 26.4 Å². The van der Waals surface area contributed by atoms with Crippen LogP contribution in [0, 0.1) is 12.3 Å². The summed E-state index contributed by atoms with van der Waals surface area (Å²) in [5.41, 5.74) is 2.10. The SMILES string of the molecule is C#CCCN1CCCN(C(=O)c2cn(-c3ccc4c(c3)C(=O)N(C3CCC(=O)NC3=O)C4)nn2)CC1. The van der Waals surface area contributed by atoms with E-state index in [0.29, 0.717) is 43.7 Å². The van der Waals surface area contributed by atoms with Gasteiger partial charge in [0.15, 0.2) is 5.69 Å². The first-order valence-corrected chi connectivity index (χ1v) is 12.1. The second kappa shape index (κ2) is 9.91. The van der Waals surface area contributed by atoms with Gasteiger partial charge in [0.1, 0.15) is 6.04 Å². The number of nitrogens with zero attached hydrogens (tertiary/aromatic N) is 6. The Morgan fingerprint density at radius 1 is 1.17 bits per heavy atom. The van der Waals surface area contributed by atoms with Gasteiger partial charge in [-0.15, -0.1) is 17.4 Å². The number of hydrogen-bond acceptors (Lipinski definition) is 7. The van der Waals surface area contributed by atoms with Gasteiger partial charge in [-0.2, -0.15) is 0 Å². The summed E-state index contributed by atoms with van der Waals surface area (Å²) in [6.45, 7) is 4.03. The van der Waals surface area contributed by atoms with Gasteiger partial charge < -0.3 is 14.7 Å². The van der Waals surface area contributed by atoms with Crippen LogP contribution in [-0.4, -0.2) is 92.1 Å². The van der Waals surface area contributed by atoms with Gasteiger partial charge in [0.2, 0.25) is 11.8 Å².